The summed E-state index contributed by atoms with van der Waals surface area (Å²) in [6, 6.07) is 17.9. The van der Waals surface area contributed by atoms with Crippen LogP contribution in [0.4, 0.5) is 5.69 Å². The van der Waals surface area contributed by atoms with E-state index in [0.717, 1.165) is 34.5 Å². The molecule has 1 heterocycles. The predicted molar refractivity (Wildman–Crippen MR) is 117 cm³/mol. The number of nitrogens with one attached hydrogen (secondary N) is 2. The Morgan fingerprint density at radius 1 is 1.07 bits per heavy atom. The van der Waals surface area contributed by atoms with Crippen LogP contribution in [-0.4, -0.2) is 34.2 Å². The molecule has 6 nitrogen and oxygen atoms in total. The van der Waals surface area contributed by atoms with Crippen molar-refractivity contribution in [1.29, 1.82) is 0 Å². The number of benzene rings is 2. The van der Waals surface area contributed by atoms with Gasteiger partial charge in [0, 0.05) is 18.4 Å². The molecule has 1 unspecified atom stereocenters. The number of aromatic hydroxyl groups is 1. The zero-order valence-electron chi connectivity index (χ0n) is 17.0. The highest BCUT2D eigenvalue weighted by atomic mass is 16.3. The van der Waals surface area contributed by atoms with Gasteiger partial charge in [0.1, 0.15) is 5.75 Å². The molecule has 2 aromatic carbocycles. The summed E-state index contributed by atoms with van der Waals surface area (Å²) < 4.78 is 0. The first-order valence-corrected chi connectivity index (χ1v) is 9.99. The maximum absolute atomic E-state index is 12.3. The van der Waals surface area contributed by atoms with Crippen molar-refractivity contribution >= 4 is 11.6 Å². The van der Waals surface area contributed by atoms with Gasteiger partial charge in [0.05, 0.1) is 18.2 Å². The van der Waals surface area contributed by atoms with Crippen LogP contribution in [0.15, 0.2) is 66.9 Å². The molecule has 0 aliphatic heterocycles. The lowest BCUT2D eigenvalue weighted by Gasteiger charge is -2.14. The molecule has 1 aromatic heterocycles. The molecule has 0 bridgehead atoms. The Morgan fingerprint density at radius 3 is 2.53 bits per heavy atom. The first-order chi connectivity index (χ1) is 14.5. The fourth-order valence-electron chi connectivity index (χ4n) is 3.23. The number of hydrogen-bond donors (Lipinski definition) is 4. The summed E-state index contributed by atoms with van der Waals surface area (Å²) in [4.78, 5) is 16.7. The fraction of sp³-hybridized carbons (Fsp3) is 0.250. The van der Waals surface area contributed by atoms with Crippen LogP contribution in [0.1, 0.15) is 28.5 Å². The van der Waals surface area contributed by atoms with Crippen molar-refractivity contribution in [3.8, 4) is 5.75 Å². The van der Waals surface area contributed by atoms with Gasteiger partial charge in [-0.15, -0.1) is 0 Å². The third-order valence-electron chi connectivity index (χ3n) is 4.99. The summed E-state index contributed by atoms with van der Waals surface area (Å²) in [5.74, 6) is 0.0874. The minimum absolute atomic E-state index is 0.0934. The quantitative estimate of drug-likeness (QED) is 0.410. The number of phenolic OH excluding ortho intramolecular Hbond substituents is 1. The number of amides is 1. The van der Waals surface area contributed by atoms with Gasteiger partial charge in [-0.25, -0.2) is 0 Å². The third kappa shape index (κ3) is 6.14. The number of para-hydroxylation sites is 1. The van der Waals surface area contributed by atoms with Crippen molar-refractivity contribution in [2.45, 2.75) is 25.9 Å². The number of carbonyl (C=O) groups is 1. The van der Waals surface area contributed by atoms with Gasteiger partial charge in [-0.3, -0.25) is 9.78 Å². The van der Waals surface area contributed by atoms with Crippen molar-refractivity contribution in [3.05, 3.63) is 89.2 Å². The number of hydrogen-bond acceptors (Lipinski definition) is 5. The molecule has 6 heteroatoms. The maximum atomic E-state index is 12.3. The van der Waals surface area contributed by atoms with Crippen LogP contribution in [0.3, 0.4) is 0 Å². The summed E-state index contributed by atoms with van der Waals surface area (Å²) in [6.07, 6.45) is 2.09. The smallest absolute Gasteiger partial charge is 0.230 e. The summed E-state index contributed by atoms with van der Waals surface area (Å²) in [7, 11) is 0. The molecule has 0 saturated heterocycles. The first-order valence-electron chi connectivity index (χ1n) is 9.99. The Balaban J connectivity index is 1.49. The van der Waals surface area contributed by atoms with Crippen molar-refractivity contribution in [2.24, 2.45) is 0 Å². The zero-order chi connectivity index (χ0) is 21.3. The molecule has 0 aliphatic rings. The lowest BCUT2D eigenvalue weighted by Crippen LogP contribution is -2.24. The molecule has 4 N–H and O–H groups in total. The number of carbonyl (C=O) groups excluding carboxylic acids is 1. The van der Waals surface area contributed by atoms with Gasteiger partial charge in [-0.2, -0.15) is 0 Å². The topological polar surface area (TPSA) is 94.5 Å². The first kappa shape index (κ1) is 21.5. The van der Waals surface area contributed by atoms with E-state index in [4.69, 9.17) is 0 Å². The predicted octanol–water partition coefficient (Wildman–Crippen LogP) is 3.14. The lowest BCUT2D eigenvalue weighted by atomic mass is 10.0. The van der Waals surface area contributed by atoms with E-state index >= 15 is 0 Å². The maximum Gasteiger partial charge on any atom is 0.230 e. The highest BCUT2D eigenvalue weighted by molar-refractivity contribution is 5.92. The van der Waals surface area contributed by atoms with E-state index in [9.17, 15) is 15.0 Å². The summed E-state index contributed by atoms with van der Waals surface area (Å²) >= 11 is 0. The van der Waals surface area contributed by atoms with Crippen molar-refractivity contribution in [1.82, 2.24) is 10.3 Å². The summed E-state index contributed by atoms with van der Waals surface area (Å²) in [6.45, 7) is 3.09. The van der Waals surface area contributed by atoms with E-state index in [1.54, 1.807) is 30.5 Å². The van der Waals surface area contributed by atoms with Crippen LogP contribution in [0.5, 0.6) is 5.75 Å². The molecule has 3 rings (SSSR count). The number of aromatic nitrogens is 1. The van der Waals surface area contributed by atoms with Crippen LogP contribution >= 0.6 is 0 Å². The number of pyridine rings is 1. The Kier molecular flexibility index (Phi) is 7.54. The highest BCUT2D eigenvalue weighted by Gasteiger charge is 2.11. The van der Waals surface area contributed by atoms with Crippen LogP contribution < -0.4 is 10.6 Å². The van der Waals surface area contributed by atoms with E-state index in [-0.39, 0.29) is 18.1 Å². The number of aliphatic hydroxyl groups is 1. The van der Waals surface area contributed by atoms with E-state index in [1.165, 1.54) is 0 Å². The molecule has 156 valence electrons. The van der Waals surface area contributed by atoms with E-state index in [0.29, 0.717) is 13.1 Å². The average molecular weight is 405 g/mol. The lowest BCUT2D eigenvalue weighted by molar-refractivity contribution is -0.115. The van der Waals surface area contributed by atoms with Gasteiger partial charge in [0.2, 0.25) is 5.91 Å². The van der Waals surface area contributed by atoms with Crippen molar-refractivity contribution in [3.63, 3.8) is 0 Å². The number of phenols is 1. The van der Waals surface area contributed by atoms with Gasteiger partial charge in [-0.1, -0.05) is 30.3 Å². The van der Waals surface area contributed by atoms with Crippen LogP contribution in [0, 0.1) is 6.92 Å². The molecule has 0 radical (unpaired) electrons. The van der Waals surface area contributed by atoms with Gasteiger partial charge in [0.15, 0.2) is 0 Å². The Labute approximate surface area is 176 Å². The van der Waals surface area contributed by atoms with Crippen LogP contribution in [0.25, 0.3) is 0 Å². The Morgan fingerprint density at radius 2 is 1.80 bits per heavy atom. The Bertz CT molecular complexity index is 959. The van der Waals surface area contributed by atoms with Crippen LogP contribution in [0.2, 0.25) is 0 Å². The van der Waals surface area contributed by atoms with Gasteiger partial charge < -0.3 is 20.8 Å². The largest absolute Gasteiger partial charge is 0.508 e. The van der Waals surface area contributed by atoms with Gasteiger partial charge in [0.25, 0.3) is 0 Å². The number of nitrogens with zero attached hydrogens (tertiary/aromatic N) is 1. The molecule has 1 atom stereocenters. The normalized spacial score (nSPS) is 11.8. The van der Waals surface area contributed by atoms with E-state index < -0.39 is 6.10 Å². The highest BCUT2D eigenvalue weighted by Crippen LogP contribution is 2.17. The van der Waals surface area contributed by atoms with Gasteiger partial charge in [-0.05, 0) is 66.9 Å². The molecular weight excluding hydrogens is 378 g/mol. The number of aliphatic hydroxyl groups excluding tert-OH is 1. The fourth-order valence-corrected chi connectivity index (χ4v) is 3.23. The summed E-state index contributed by atoms with van der Waals surface area (Å²) in [5.41, 5.74) is 4.44. The second-order valence-corrected chi connectivity index (χ2v) is 7.19. The number of rotatable bonds is 9. The van der Waals surface area contributed by atoms with Crippen LogP contribution in [-0.2, 0) is 17.6 Å². The zero-order valence-corrected chi connectivity index (χ0v) is 17.0. The molecule has 3 aromatic rings. The monoisotopic (exact) mass is 405 g/mol. The standard InChI is InChI=1S/C24H27N3O3/c1-17-18(11-13-25-16-23(29)19-7-9-21(28)10-8-19)12-14-26-22(17)15-24(30)27-20-5-3-2-4-6-20/h2-10,12,14,23,25,28-29H,11,13,15-16H2,1H3,(H,27,30). The van der Waals surface area contributed by atoms with E-state index in [1.807, 2.05) is 43.3 Å². The minimum atomic E-state index is -0.638. The molecule has 0 saturated carbocycles. The van der Waals surface area contributed by atoms with E-state index in [2.05, 4.69) is 15.6 Å². The van der Waals surface area contributed by atoms with Gasteiger partial charge >= 0.3 is 0 Å². The molecule has 0 aliphatic carbocycles. The average Bonchev–Trinajstić information content (AvgIpc) is 2.74. The molecule has 1 amide bonds. The summed E-state index contributed by atoms with van der Waals surface area (Å²) in [5, 5.41) is 25.7. The minimum Gasteiger partial charge on any atom is -0.508 e. The SMILES string of the molecule is Cc1c(CCNCC(O)c2ccc(O)cc2)ccnc1CC(=O)Nc1ccccc1. The number of anilines is 1. The third-order valence-corrected chi connectivity index (χ3v) is 4.99. The molecular formula is C24H27N3O3. The molecule has 0 fully saturated rings. The molecule has 0 spiro atoms. The molecule has 30 heavy (non-hydrogen) atoms. The van der Waals surface area contributed by atoms with Crippen molar-refractivity contribution in [2.75, 3.05) is 18.4 Å². The van der Waals surface area contributed by atoms with Crippen molar-refractivity contribution < 1.29 is 15.0 Å². The Hall–Kier alpha value is -3.22. The second kappa shape index (κ2) is 10.5. The second-order valence-electron chi connectivity index (χ2n) is 7.19.